The van der Waals surface area contributed by atoms with E-state index in [4.69, 9.17) is 0 Å². The van der Waals surface area contributed by atoms with E-state index >= 15 is 0 Å². The molecule has 30 heavy (non-hydrogen) atoms. The molecule has 0 unspecified atom stereocenters. The normalized spacial score (nSPS) is 34.2. The fourth-order valence-corrected chi connectivity index (χ4v) is 7.34. The number of aliphatic hydroxyl groups is 1. The van der Waals surface area contributed by atoms with Crippen LogP contribution < -0.4 is 0 Å². The fourth-order valence-electron chi connectivity index (χ4n) is 5.89. The maximum Gasteiger partial charge on any atom is 0.256 e. The van der Waals surface area contributed by atoms with Gasteiger partial charge in [-0.2, -0.15) is 0 Å². The Morgan fingerprint density at radius 1 is 1.10 bits per heavy atom. The Labute approximate surface area is 179 Å². The van der Waals surface area contributed by atoms with Crippen molar-refractivity contribution in [2.24, 2.45) is 0 Å². The molecule has 4 atom stereocenters. The number of piperidine rings is 1. The molecule has 2 aromatic rings. The molecule has 3 saturated heterocycles. The van der Waals surface area contributed by atoms with Crippen LogP contribution in [0.25, 0.3) is 0 Å². The molecule has 0 radical (unpaired) electrons. The van der Waals surface area contributed by atoms with E-state index < -0.39 is 11.6 Å². The molecule has 5 heterocycles. The second-order valence-corrected chi connectivity index (χ2v) is 9.92. The van der Waals surface area contributed by atoms with Gasteiger partial charge in [-0.3, -0.25) is 14.6 Å². The van der Waals surface area contributed by atoms with Gasteiger partial charge in [-0.25, -0.2) is 0 Å². The van der Waals surface area contributed by atoms with Crippen molar-refractivity contribution in [2.75, 3.05) is 5.75 Å². The van der Waals surface area contributed by atoms with Gasteiger partial charge in [-0.05, 0) is 42.2 Å². The minimum Gasteiger partial charge on any atom is -0.385 e. The van der Waals surface area contributed by atoms with Gasteiger partial charge in [-0.1, -0.05) is 18.2 Å². The predicted molar refractivity (Wildman–Crippen MR) is 113 cm³/mol. The van der Waals surface area contributed by atoms with E-state index in [9.17, 15) is 14.7 Å². The van der Waals surface area contributed by atoms with Crippen LogP contribution in [0.15, 0.2) is 48.8 Å². The highest BCUT2D eigenvalue weighted by atomic mass is 32.2. The molecule has 2 amide bonds. The SMILES string of the molecule is O=C([C@@H]1CS[C@@H]2c3ccccc3C(=O)N21)N1[C@H]2CC[C@H]1CC(O)(c1ccncc1)C2. The summed E-state index contributed by atoms with van der Waals surface area (Å²) in [5.74, 6) is 0.653. The maximum atomic E-state index is 13.7. The average molecular weight is 422 g/mol. The summed E-state index contributed by atoms with van der Waals surface area (Å²) in [6.07, 6.45) is 6.30. The second-order valence-electron chi connectivity index (χ2n) is 8.81. The fraction of sp³-hybridized carbons (Fsp3) is 0.435. The Morgan fingerprint density at radius 3 is 2.53 bits per heavy atom. The summed E-state index contributed by atoms with van der Waals surface area (Å²) < 4.78 is 0. The molecule has 1 N–H and O–H groups in total. The minimum atomic E-state index is -0.918. The Balaban J connectivity index is 1.26. The number of hydrogen-bond acceptors (Lipinski definition) is 5. The van der Waals surface area contributed by atoms with Crippen LogP contribution in [-0.4, -0.2) is 55.6 Å². The molecule has 4 aliphatic heterocycles. The molecule has 0 aliphatic carbocycles. The number of nitrogens with zero attached hydrogens (tertiary/aromatic N) is 3. The summed E-state index contributed by atoms with van der Waals surface area (Å²) in [5.41, 5.74) is 1.71. The lowest BCUT2D eigenvalue weighted by Crippen LogP contribution is -2.57. The lowest BCUT2D eigenvalue weighted by molar-refractivity contribution is -0.146. The number of fused-ring (bicyclic) bond motifs is 5. The van der Waals surface area contributed by atoms with Crippen molar-refractivity contribution in [3.05, 3.63) is 65.5 Å². The average Bonchev–Trinajstić information content (AvgIpc) is 3.41. The van der Waals surface area contributed by atoms with Crippen molar-refractivity contribution >= 4 is 23.6 Å². The van der Waals surface area contributed by atoms with Crippen LogP contribution in [0.1, 0.15) is 52.5 Å². The molecule has 7 heteroatoms. The largest absolute Gasteiger partial charge is 0.385 e. The highest BCUT2D eigenvalue weighted by Gasteiger charge is 2.55. The van der Waals surface area contributed by atoms with Gasteiger partial charge in [-0.15, -0.1) is 11.8 Å². The standard InChI is InChI=1S/C23H23N3O3S/c27-20-17-3-1-2-4-18(17)22-26(20)19(13-30-22)21(28)25-15-5-6-16(25)12-23(29,11-15)14-7-9-24-10-8-14/h1-4,7-10,15-16,19,22,29H,5-6,11-13H2/t15-,16-,19-,22+/m0/s1. The molecule has 2 bridgehead atoms. The highest BCUT2D eigenvalue weighted by molar-refractivity contribution is 7.99. The second kappa shape index (κ2) is 6.56. The zero-order valence-electron chi connectivity index (χ0n) is 16.5. The van der Waals surface area contributed by atoms with E-state index in [1.165, 1.54) is 0 Å². The topological polar surface area (TPSA) is 73.7 Å². The molecule has 0 spiro atoms. The van der Waals surface area contributed by atoms with Crippen molar-refractivity contribution < 1.29 is 14.7 Å². The Hall–Kier alpha value is -2.38. The number of pyridine rings is 1. The van der Waals surface area contributed by atoms with Gasteiger partial charge >= 0.3 is 0 Å². The zero-order valence-corrected chi connectivity index (χ0v) is 17.3. The number of hydrogen-bond donors (Lipinski definition) is 1. The van der Waals surface area contributed by atoms with Crippen LogP contribution in [0.2, 0.25) is 0 Å². The number of carbonyl (C=O) groups excluding carboxylic acids is 2. The third-order valence-electron chi connectivity index (χ3n) is 7.22. The van der Waals surface area contributed by atoms with Crippen LogP contribution in [0.4, 0.5) is 0 Å². The van der Waals surface area contributed by atoms with Crippen molar-refractivity contribution in [1.82, 2.24) is 14.8 Å². The van der Waals surface area contributed by atoms with E-state index in [0.717, 1.165) is 29.5 Å². The maximum absolute atomic E-state index is 13.7. The first-order chi connectivity index (χ1) is 14.6. The summed E-state index contributed by atoms with van der Waals surface area (Å²) in [5, 5.41) is 11.3. The molecule has 6 nitrogen and oxygen atoms in total. The molecule has 1 aromatic carbocycles. The van der Waals surface area contributed by atoms with Crippen molar-refractivity contribution in [3.8, 4) is 0 Å². The first kappa shape index (κ1) is 18.4. The lowest BCUT2D eigenvalue weighted by atomic mass is 9.80. The summed E-state index contributed by atoms with van der Waals surface area (Å²) >= 11 is 1.68. The Morgan fingerprint density at radius 2 is 1.80 bits per heavy atom. The van der Waals surface area contributed by atoms with Gasteiger partial charge in [0.1, 0.15) is 11.4 Å². The number of amides is 2. The molecule has 4 aliphatic rings. The van der Waals surface area contributed by atoms with Gasteiger partial charge in [0.15, 0.2) is 0 Å². The van der Waals surface area contributed by atoms with Crippen LogP contribution in [0.3, 0.4) is 0 Å². The first-order valence-electron chi connectivity index (χ1n) is 10.5. The van der Waals surface area contributed by atoms with E-state index in [1.54, 1.807) is 29.1 Å². The molecule has 1 aromatic heterocycles. The van der Waals surface area contributed by atoms with Crippen molar-refractivity contribution in [1.29, 1.82) is 0 Å². The smallest absolute Gasteiger partial charge is 0.256 e. The zero-order chi connectivity index (χ0) is 20.5. The van der Waals surface area contributed by atoms with E-state index in [0.29, 0.717) is 18.6 Å². The first-order valence-corrected chi connectivity index (χ1v) is 11.6. The van der Waals surface area contributed by atoms with Crippen molar-refractivity contribution in [2.45, 2.75) is 54.8 Å². The third kappa shape index (κ3) is 2.51. The van der Waals surface area contributed by atoms with Gasteiger partial charge in [0.05, 0.1) is 5.60 Å². The van der Waals surface area contributed by atoms with Crippen molar-refractivity contribution in [3.63, 3.8) is 0 Å². The molecular formula is C23H23N3O3S. The number of thioether (sulfide) groups is 1. The van der Waals surface area contributed by atoms with Crippen LogP contribution in [-0.2, 0) is 10.4 Å². The number of carbonyl (C=O) groups is 2. The number of benzene rings is 1. The molecular weight excluding hydrogens is 398 g/mol. The monoisotopic (exact) mass is 421 g/mol. The molecule has 3 fully saturated rings. The quantitative estimate of drug-likeness (QED) is 0.807. The van der Waals surface area contributed by atoms with Crippen LogP contribution in [0.5, 0.6) is 0 Å². The highest BCUT2D eigenvalue weighted by Crippen LogP contribution is 2.51. The summed E-state index contributed by atoms with van der Waals surface area (Å²) in [4.78, 5) is 34.6. The van der Waals surface area contributed by atoms with E-state index in [-0.39, 0.29) is 29.3 Å². The molecule has 0 saturated carbocycles. The predicted octanol–water partition coefficient (Wildman–Crippen LogP) is 2.69. The van der Waals surface area contributed by atoms with E-state index in [2.05, 4.69) is 4.98 Å². The summed E-state index contributed by atoms with van der Waals surface area (Å²) in [7, 11) is 0. The van der Waals surface area contributed by atoms with Gasteiger partial charge in [0.2, 0.25) is 5.91 Å². The Bertz CT molecular complexity index is 1020. The van der Waals surface area contributed by atoms with Gasteiger partial charge in [0, 0.05) is 48.6 Å². The summed E-state index contributed by atoms with van der Waals surface area (Å²) in [6, 6.07) is 11.0. The number of rotatable bonds is 2. The minimum absolute atomic E-state index is 0.0125. The van der Waals surface area contributed by atoms with Gasteiger partial charge < -0.3 is 14.9 Å². The molecule has 6 rings (SSSR count). The summed E-state index contributed by atoms with van der Waals surface area (Å²) in [6.45, 7) is 0. The lowest BCUT2D eigenvalue weighted by Gasteiger charge is -2.45. The Kier molecular flexibility index (Phi) is 4.02. The van der Waals surface area contributed by atoms with Gasteiger partial charge in [0.25, 0.3) is 5.91 Å². The molecule has 154 valence electrons. The number of aromatic nitrogens is 1. The van der Waals surface area contributed by atoms with Crippen LogP contribution >= 0.6 is 11.8 Å². The van der Waals surface area contributed by atoms with E-state index in [1.807, 2.05) is 41.3 Å². The van der Waals surface area contributed by atoms with Crippen LogP contribution in [0, 0.1) is 0 Å². The third-order valence-corrected chi connectivity index (χ3v) is 8.52.